The molecule has 2 rings (SSSR count). The molecule has 0 unspecified atom stereocenters. The Hall–Kier alpha value is -3.22. The van der Waals surface area contributed by atoms with Crippen LogP contribution in [-0.4, -0.2) is 36.6 Å². The van der Waals surface area contributed by atoms with E-state index in [1.54, 1.807) is 26.0 Å². The van der Waals surface area contributed by atoms with Gasteiger partial charge in [-0.25, -0.2) is 4.79 Å². The second-order valence-electron chi connectivity index (χ2n) is 6.62. The maximum atomic E-state index is 12.4. The quantitative estimate of drug-likeness (QED) is 0.444. The molecule has 0 atom stereocenters. The van der Waals surface area contributed by atoms with Crippen LogP contribution in [0.2, 0.25) is 0 Å². The Balaban J connectivity index is 2.05. The van der Waals surface area contributed by atoms with Gasteiger partial charge in [0.05, 0.1) is 23.6 Å². The van der Waals surface area contributed by atoms with Gasteiger partial charge in [-0.3, -0.25) is 15.6 Å². The first kappa shape index (κ1) is 22.1. The largest absolute Gasteiger partial charge is 0.462 e. The Morgan fingerprint density at radius 3 is 2.24 bits per heavy atom. The summed E-state index contributed by atoms with van der Waals surface area (Å²) in [5, 5.41) is 0. The lowest BCUT2D eigenvalue weighted by molar-refractivity contribution is 0.0524. The molecule has 1 aromatic heterocycles. The third kappa shape index (κ3) is 4.99. The molecule has 0 aliphatic carbocycles. The van der Waals surface area contributed by atoms with Crippen molar-refractivity contribution in [1.82, 2.24) is 15.8 Å². The van der Waals surface area contributed by atoms with E-state index in [-0.39, 0.29) is 11.9 Å². The molecule has 7 nitrogen and oxygen atoms in total. The van der Waals surface area contributed by atoms with Crippen molar-refractivity contribution in [2.45, 2.75) is 34.6 Å². The molecule has 1 amide bonds. The second kappa shape index (κ2) is 9.82. The number of carbonyl (C=O) groups excluding carboxylic acids is 2. The number of hydrazine groups is 1. The van der Waals surface area contributed by atoms with Crippen LogP contribution in [0.15, 0.2) is 30.8 Å². The van der Waals surface area contributed by atoms with Gasteiger partial charge in [-0.1, -0.05) is 6.58 Å². The number of benzene rings is 1. The lowest BCUT2D eigenvalue weighted by atomic mass is 10.1. The van der Waals surface area contributed by atoms with Gasteiger partial charge in [0.15, 0.2) is 0 Å². The molecule has 29 heavy (non-hydrogen) atoms. The van der Waals surface area contributed by atoms with Crippen molar-refractivity contribution in [3.05, 3.63) is 58.9 Å². The Bertz CT molecular complexity index is 880. The number of nitrogens with zero attached hydrogens (tertiary/aromatic N) is 1. The van der Waals surface area contributed by atoms with Crippen LogP contribution in [0.1, 0.15) is 58.4 Å². The Morgan fingerprint density at radius 1 is 1.07 bits per heavy atom. The van der Waals surface area contributed by atoms with Crippen LogP contribution in [0.3, 0.4) is 0 Å². The third-order valence-electron chi connectivity index (χ3n) is 4.80. The summed E-state index contributed by atoms with van der Waals surface area (Å²) in [5.41, 5.74) is 10.1. The average molecular weight is 399 g/mol. The van der Waals surface area contributed by atoms with Gasteiger partial charge in [-0.15, -0.1) is 0 Å². The fourth-order valence-corrected chi connectivity index (χ4v) is 3.24. The maximum Gasteiger partial charge on any atom is 0.340 e. The van der Waals surface area contributed by atoms with Crippen LogP contribution in [-0.2, 0) is 4.74 Å². The number of aromatic amines is 1. The summed E-state index contributed by atoms with van der Waals surface area (Å²) in [5.74, 6) is -0.654. The lowest BCUT2D eigenvalue weighted by Gasteiger charge is -2.21. The van der Waals surface area contributed by atoms with E-state index >= 15 is 0 Å². The first-order chi connectivity index (χ1) is 13.8. The number of carbonyl (C=O) groups is 2. The minimum Gasteiger partial charge on any atom is -0.462 e. The van der Waals surface area contributed by atoms with Gasteiger partial charge in [0, 0.05) is 30.0 Å². The van der Waals surface area contributed by atoms with Crippen molar-refractivity contribution in [1.29, 1.82) is 0 Å². The average Bonchev–Trinajstić information content (AvgIpc) is 3.01. The first-order valence-electron chi connectivity index (χ1n) is 9.80. The highest BCUT2D eigenvalue weighted by Crippen LogP contribution is 2.22. The normalized spacial score (nSPS) is 10.4. The summed E-state index contributed by atoms with van der Waals surface area (Å²) in [4.78, 5) is 29.9. The van der Waals surface area contributed by atoms with Gasteiger partial charge in [-0.05, 0) is 64.4 Å². The Kier molecular flexibility index (Phi) is 7.47. The van der Waals surface area contributed by atoms with Crippen LogP contribution in [0.4, 0.5) is 5.69 Å². The molecule has 0 saturated heterocycles. The molecule has 0 aliphatic heterocycles. The highest BCUT2D eigenvalue weighted by molar-refractivity contribution is 5.95. The van der Waals surface area contributed by atoms with Crippen molar-refractivity contribution >= 4 is 23.3 Å². The molecular formula is C22H30N4O3. The molecule has 7 heteroatoms. The highest BCUT2D eigenvalue weighted by Gasteiger charge is 2.20. The van der Waals surface area contributed by atoms with Crippen molar-refractivity contribution in [2.24, 2.45) is 0 Å². The van der Waals surface area contributed by atoms with Gasteiger partial charge in [0.1, 0.15) is 0 Å². The molecule has 3 N–H and O–H groups in total. The molecule has 0 fully saturated rings. The van der Waals surface area contributed by atoms with Gasteiger partial charge in [-0.2, -0.15) is 0 Å². The number of aryl methyl sites for hydroxylation is 1. The van der Waals surface area contributed by atoms with E-state index in [1.807, 2.05) is 19.1 Å². The number of hydrogen-bond donors (Lipinski definition) is 3. The SMILES string of the molecule is C=C(NNC(=O)c1ccc(N(CC)CC)cc1)c1[nH]c(C)c(C(=O)OCC)c1C. The zero-order valence-electron chi connectivity index (χ0n) is 17.8. The van der Waals surface area contributed by atoms with Gasteiger partial charge >= 0.3 is 5.97 Å². The number of esters is 1. The highest BCUT2D eigenvalue weighted by atomic mass is 16.5. The topological polar surface area (TPSA) is 86.5 Å². The van der Waals surface area contributed by atoms with Crippen LogP contribution in [0.5, 0.6) is 0 Å². The standard InChI is InChI=1S/C22H30N4O3/c1-7-26(8-2)18-12-10-17(11-13-18)21(27)25-24-16(6)20-14(4)19(15(5)23-20)22(28)29-9-3/h10-13,23-24H,6-9H2,1-5H3,(H,25,27). The summed E-state index contributed by atoms with van der Waals surface area (Å²) in [6.07, 6.45) is 0. The monoisotopic (exact) mass is 398 g/mol. The van der Waals surface area contributed by atoms with Gasteiger partial charge < -0.3 is 14.6 Å². The maximum absolute atomic E-state index is 12.4. The van der Waals surface area contributed by atoms with E-state index in [1.165, 1.54) is 0 Å². The fraction of sp³-hybridized carbons (Fsp3) is 0.364. The predicted molar refractivity (Wildman–Crippen MR) is 116 cm³/mol. The van der Waals surface area contributed by atoms with E-state index in [4.69, 9.17) is 4.74 Å². The number of hydrogen-bond acceptors (Lipinski definition) is 5. The summed E-state index contributed by atoms with van der Waals surface area (Å²) < 4.78 is 5.10. The number of aromatic nitrogens is 1. The summed E-state index contributed by atoms with van der Waals surface area (Å²) in [7, 11) is 0. The first-order valence-corrected chi connectivity index (χ1v) is 9.80. The van der Waals surface area contributed by atoms with Gasteiger partial charge in [0.2, 0.25) is 0 Å². The molecule has 0 aliphatic rings. The fourth-order valence-electron chi connectivity index (χ4n) is 3.24. The van der Waals surface area contributed by atoms with Crippen LogP contribution in [0.25, 0.3) is 5.70 Å². The summed E-state index contributed by atoms with van der Waals surface area (Å²) in [6, 6.07) is 7.44. The summed E-state index contributed by atoms with van der Waals surface area (Å²) >= 11 is 0. The lowest BCUT2D eigenvalue weighted by Crippen LogP contribution is -2.36. The number of amides is 1. The number of H-pyrrole nitrogens is 1. The van der Waals surface area contributed by atoms with E-state index in [0.29, 0.717) is 34.8 Å². The van der Waals surface area contributed by atoms with E-state index in [0.717, 1.165) is 24.3 Å². The minimum atomic E-state index is -0.380. The van der Waals surface area contributed by atoms with Crippen LogP contribution >= 0.6 is 0 Å². The number of rotatable bonds is 9. The van der Waals surface area contributed by atoms with Crippen molar-refractivity contribution < 1.29 is 14.3 Å². The van der Waals surface area contributed by atoms with Crippen molar-refractivity contribution in [3.8, 4) is 0 Å². The molecule has 156 valence electrons. The second-order valence-corrected chi connectivity index (χ2v) is 6.62. The third-order valence-corrected chi connectivity index (χ3v) is 4.80. The number of ether oxygens (including phenoxy) is 1. The van der Waals surface area contributed by atoms with Crippen molar-refractivity contribution in [3.63, 3.8) is 0 Å². The molecule has 0 spiro atoms. The van der Waals surface area contributed by atoms with E-state index < -0.39 is 0 Å². The molecular weight excluding hydrogens is 368 g/mol. The van der Waals surface area contributed by atoms with Crippen LogP contribution in [0, 0.1) is 13.8 Å². The predicted octanol–water partition coefficient (Wildman–Crippen LogP) is 3.56. The molecule has 0 saturated carbocycles. The smallest absolute Gasteiger partial charge is 0.340 e. The molecule has 2 aromatic rings. The Labute approximate surface area is 172 Å². The molecule has 1 heterocycles. The Morgan fingerprint density at radius 2 is 1.69 bits per heavy atom. The molecule has 0 radical (unpaired) electrons. The molecule has 1 aromatic carbocycles. The minimum absolute atomic E-state index is 0.274. The zero-order valence-corrected chi connectivity index (χ0v) is 17.8. The van der Waals surface area contributed by atoms with Crippen LogP contribution < -0.4 is 15.8 Å². The number of nitrogens with one attached hydrogen (secondary N) is 3. The van der Waals surface area contributed by atoms with E-state index in [9.17, 15) is 9.59 Å². The van der Waals surface area contributed by atoms with Gasteiger partial charge in [0.25, 0.3) is 5.91 Å². The van der Waals surface area contributed by atoms with E-state index in [2.05, 4.69) is 41.2 Å². The number of anilines is 1. The molecule has 0 bridgehead atoms. The summed E-state index contributed by atoms with van der Waals surface area (Å²) in [6.45, 7) is 15.6. The van der Waals surface area contributed by atoms with Crippen molar-refractivity contribution in [2.75, 3.05) is 24.6 Å². The zero-order chi connectivity index (χ0) is 21.6.